The molecule has 0 aliphatic carbocycles. The van der Waals surface area contributed by atoms with Gasteiger partial charge in [-0.05, 0) is 43.2 Å². The van der Waals surface area contributed by atoms with Crippen LogP contribution in [0.25, 0.3) is 0 Å². The van der Waals surface area contributed by atoms with Crippen LogP contribution in [-0.4, -0.2) is 42.0 Å². The summed E-state index contributed by atoms with van der Waals surface area (Å²) in [6.45, 7) is 4.98. The van der Waals surface area contributed by atoms with Crippen LogP contribution >= 0.6 is 11.8 Å². The van der Waals surface area contributed by atoms with Crippen LogP contribution in [0.4, 0.5) is 0 Å². The van der Waals surface area contributed by atoms with E-state index in [1.165, 1.54) is 16.7 Å². The predicted molar refractivity (Wildman–Crippen MR) is 130 cm³/mol. The van der Waals surface area contributed by atoms with Crippen LogP contribution in [0.1, 0.15) is 43.7 Å². The molecule has 7 nitrogen and oxygen atoms in total. The van der Waals surface area contributed by atoms with E-state index in [-0.39, 0.29) is 18.1 Å². The van der Waals surface area contributed by atoms with Gasteiger partial charge in [0.2, 0.25) is 5.91 Å². The lowest BCUT2D eigenvalue weighted by molar-refractivity contribution is -0.149. The van der Waals surface area contributed by atoms with Gasteiger partial charge in [0.05, 0.1) is 42.7 Å². The third-order valence-corrected chi connectivity index (χ3v) is 7.22. The average Bonchev–Trinajstić information content (AvgIpc) is 3.22. The maximum Gasteiger partial charge on any atom is 0.231 e. The Morgan fingerprint density at radius 1 is 1.18 bits per heavy atom. The van der Waals surface area contributed by atoms with Crippen LogP contribution in [0, 0.1) is 11.3 Å². The fraction of sp³-hybridized carbons (Fsp3) is 0.385. The molecule has 1 saturated heterocycles. The molecule has 1 N–H and O–H groups in total. The van der Waals surface area contributed by atoms with Gasteiger partial charge >= 0.3 is 0 Å². The van der Waals surface area contributed by atoms with E-state index in [1.807, 2.05) is 32.0 Å². The highest BCUT2D eigenvalue weighted by Crippen LogP contribution is 2.52. The molecular formula is C26H28N2O5S. The van der Waals surface area contributed by atoms with E-state index in [0.29, 0.717) is 46.6 Å². The number of nitriles is 1. The molecule has 2 heterocycles. The molecule has 0 spiro atoms. The van der Waals surface area contributed by atoms with Crippen LogP contribution < -0.4 is 14.2 Å². The van der Waals surface area contributed by atoms with Crippen molar-refractivity contribution in [1.82, 2.24) is 4.90 Å². The van der Waals surface area contributed by atoms with Gasteiger partial charge in [0.15, 0.2) is 17.2 Å². The SMILES string of the molecule is CCCOc1ccc([C@@H]2CC(=O)N3C(=C2C#N)SC[C@@]3(O)c2ccc(OC)cc2)cc1OCC. The van der Waals surface area contributed by atoms with Crippen LogP contribution in [-0.2, 0) is 10.5 Å². The van der Waals surface area contributed by atoms with E-state index in [0.717, 1.165) is 12.0 Å². The number of ether oxygens (including phenoxy) is 3. The van der Waals surface area contributed by atoms with Crippen LogP contribution in [0.3, 0.4) is 0 Å². The Kier molecular flexibility index (Phi) is 7.05. The molecule has 0 radical (unpaired) electrons. The van der Waals surface area contributed by atoms with E-state index in [4.69, 9.17) is 14.2 Å². The lowest BCUT2D eigenvalue weighted by Crippen LogP contribution is -2.48. The fourth-order valence-corrected chi connectivity index (χ4v) is 5.68. The third kappa shape index (κ3) is 4.22. The van der Waals surface area contributed by atoms with Gasteiger partial charge in [-0.1, -0.05) is 25.1 Å². The molecule has 2 aliphatic rings. The monoisotopic (exact) mass is 480 g/mol. The lowest BCUT2D eigenvalue weighted by Gasteiger charge is -2.38. The number of methoxy groups -OCH3 is 1. The summed E-state index contributed by atoms with van der Waals surface area (Å²) < 4.78 is 16.8. The van der Waals surface area contributed by atoms with Crippen LogP contribution in [0.5, 0.6) is 17.2 Å². The van der Waals surface area contributed by atoms with E-state index in [9.17, 15) is 15.2 Å². The number of thioether (sulfide) groups is 1. The molecule has 0 unspecified atom stereocenters. The van der Waals surface area contributed by atoms with Crippen molar-refractivity contribution in [3.63, 3.8) is 0 Å². The predicted octanol–water partition coefficient (Wildman–Crippen LogP) is 4.53. The van der Waals surface area contributed by atoms with Gasteiger partial charge in [-0.3, -0.25) is 9.69 Å². The Morgan fingerprint density at radius 3 is 2.59 bits per heavy atom. The Bertz CT molecular complexity index is 1140. The molecule has 1 fully saturated rings. The first-order chi connectivity index (χ1) is 16.5. The van der Waals surface area contributed by atoms with Gasteiger partial charge < -0.3 is 19.3 Å². The van der Waals surface area contributed by atoms with Crippen molar-refractivity contribution in [2.24, 2.45) is 0 Å². The molecular weight excluding hydrogens is 452 g/mol. The van der Waals surface area contributed by atoms with Gasteiger partial charge in [0, 0.05) is 17.9 Å². The highest BCUT2D eigenvalue weighted by Gasteiger charge is 2.51. The zero-order valence-electron chi connectivity index (χ0n) is 19.5. The molecule has 8 heteroatoms. The fourth-order valence-electron chi connectivity index (χ4n) is 4.32. The summed E-state index contributed by atoms with van der Waals surface area (Å²) in [5, 5.41) is 22.2. The first-order valence-corrected chi connectivity index (χ1v) is 12.3. The maximum absolute atomic E-state index is 13.4. The molecule has 2 atom stereocenters. The first-order valence-electron chi connectivity index (χ1n) is 11.3. The summed E-state index contributed by atoms with van der Waals surface area (Å²) in [7, 11) is 1.57. The number of aliphatic hydroxyl groups is 1. The van der Waals surface area contributed by atoms with Crippen molar-refractivity contribution < 1.29 is 24.1 Å². The standard InChI is InChI=1S/C26H28N2O5S/c1-4-12-33-22-11-6-17(13-23(22)32-5-2)20-14-24(29)28-25(21(20)15-27)34-16-26(28,30)18-7-9-19(31-3)10-8-18/h6-11,13,20,30H,4-5,12,14,16H2,1-3H3/t20-,26+/m0/s1. The summed E-state index contributed by atoms with van der Waals surface area (Å²) in [6.07, 6.45) is 0.950. The zero-order valence-corrected chi connectivity index (χ0v) is 20.4. The number of carbonyl (C=O) groups excluding carboxylic acids is 1. The number of allylic oxidation sites excluding steroid dienone is 1. The first kappa shape index (κ1) is 24.0. The van der Waals surface area contributed by atoms with Gasteiger partial charge in [0.25, 0.3) is 0 Å². The minimum atomic E-state index is -1.52. The molecule has 2 aromatic rings. The van der Waals surface area contributed by atoms with Crippen LogP contribution in [0.15, 0.2) is 53.1 Å². The van der Waals surface area contributed by atoms with E-state index >= 15 is 0 Å². The van der Waals surface area contributed by atoms with E-state index < -0.39 is 11.6 Å². The molecule has 0 saturated carbocycles. The van der Waals surface area contributed by atoms with Gasteiger partial charge in [0.1, 0.15) is 5.75 Å². The number of fused-ring (bicyclic) bond motifs is 1. The average molecular weight is 481 g/mol. The van der Waals surface area contributed by atoms with Crippen molar-refractivity contribution in [3.05, 3.63) is 64.2 Å². The number of amides is 1. The Balaban J connectivity index is 1.72. The number of hydrogen-bond donors (Lipinski definition) is 1. The Labute approximate surface area is 203 Å². The molecule has 34 heavy (non-hydrogen) atoms. The number of hydrogen-bond acceptors (Lipinski definition) is 7. The zero-order chi connectivity index (χ0) is 24.3. The maximum atomic E-state index is 13.4. The summed E-state index contributed by atoms with van der Waals surface area (Å²) >= 11 is 1.33. The smallest absolute Gasteiger partial charge is 0.231 e. The Hall–Kier alpha value is -3.15. The van der Waals surface area contributed by atoms with Gasteiger partial charge in [-0.2, -0.15) is 5.26 Å². The second kappa shape index (κ2) is 10.00. The quantitative estimate of drug-likeness (QED) is 0.594. The van der Waals surface area contributed by atoms with Crippen molar-refractivity contribution in [3.8, 4) is 23.3 Å². The molecule has 2 aromatic carbocycles. The molecule has 2 aliphatic heterocycles. The molecule has 178 valence electrons. The normalized spacial score (nSPS) is 21.8. The van der Waals surface area contributed by atoms with Gasteiger partial charge in [-0.25, -0.2) is 0 Å². The van der Waals surface area contributed by atoms with E-state index in [2.05, 4.69) is 6.07 Å². The summed E-state index contributed by atoms with van der Waals surface area (Å²) in [4.78, 5) is 14.8. The van der Waals surface area contributed by atoms with Crippen molar-refractivity contribution in [2.45, 2.75) is 38.3 Å². The third-order valence-electron chi connectivity index (χ3n) is 5.99. The van der Waals surface area contributed by atoms with Crippen LogP contribution in [0.2, 0.25) is 0 Å². The summed E-state index contributed by atoms with van der Waals surface area (Å²) in [5.41, 5.74) is 0.338. The van der Waals surface area contributed by atoms with Crippen molar-refractivity contribution >= 4 is 17.7 Å². The largest absolute Gasteiger partial charge is 0.497 e. The highest BCUT2D eigenvalue weighted by molar-refractivity contribution is 8.03. The van der Waals surface area contributed by atoms with Crippen molar-refractivity contribution in [2.75, 3.05) is 26.1 Å². The van der Waals surface area contributed by atoms with Gasteiger partial charge in [-0.15, -0.1) is 11.8 Å². The van der Waals surface area contributed by atoms with E-state index in [1.54, 1.807) is 31.4 Å². The summed E-state index contributed by atoms with van der Waals surface area (Å²) in [5.74, 6) is 1.49. The van der Waals surface area contributed by atoms with Crippen molar-refractivity contribution in [1.29, 1.82) is 5.26 Å². The number of nitrogens with zero attached hydrogens (tertiary/aromatic N) is 2. The number of rotatable bonds is 8. The number of carbonyl (C=O) groups is 1. The minimum Gasteiger partial charge on any atom is -0.497 e. The topological polar surface area (TPSA) is 92.0 Å². The summed E-state index contributed by atoms with van der Waals surface area (Å²) in [6, 6.07) is 14.9. The highest BCUT2D eigenvalue weighted by atomic mass is 32.2. The molecule has 0 bridgehead atoms. The lowest BCUT2D eigenvalue weighted by atomic mass is 9.85. The Morgan fingerprint density at radius 2 is 1.94 bits per heavy atom. The molecule has 4 rings (SSSR count). The second-order valence-corrected chi connectivity index (χ2v) is 9.10. The molecule has 1 amide bonds. The number of benzene rings is 2. The minimum absolute atomic E-state index is 0.0755. The second-order valence-electron chi connectivity index (χ2n) is 8.14. The molecule has 0 aromatic heterocycles.